The summed E-state index contributed by atoms with van der Waals surface area (Å²) in [6, 6.07) is 0. The lowest BCUT2D eigenvalue weighted by Crippen LogP contribution is -2.30. The second-order valence-corrected chi connectivity index (χ2v) is 22.7. The molecular weight excluding hydrogens is 901 g/mol. The molecule has 1 atom stereocenters. The quantitative estimate of drug-likeness (QED) is 0.0261. The number of unbranched alkanes of at least 4 members (excludes halogenated alkanes) is 49. The van der Waals surface area contributed by atoms with Crippen LogP contribution in [0.4, 0.5) is 0 Å². The Balaban J connectivity index is 3.99. The standard InChI is InChI=1S/C67H128O6/c1-4-7-10-13-16-19-21-23-25-27-28-29-30-31-32-33-34-35-36-37-38-39-40-41-43-44-46-48-51-54-57-60-66(69)72-63-64(62-71-65(68)59-56-53-50-18-15-12-9-6-3)73-67(70)61-58-55-52-49-47-45-42-26-24-22-20-17-14-11-8-5-2/h26,42,64H,4-25,27-41,43-63H2,1-3H3/b42-26-. The molecule has 0 amide bonds. The first-order valence-electron chi connectivity index (χ1n) is 33.2. The van der Waals surface area contributed by atoms with Crippen molar-refractivity contribution in [1.29, 1.82) is 0 Å². The molecule has 6 nitrogen and oxygen atoms in total. The van der Waals surface area contributed by atoms with Crippen molar-refractivity contribution in [3.05, 3.63) is 12.2 Å². The van der Waals surface area contributed by atoms with Gasteiger partial charge in [-0.25, -0.2) is 0 Å². The Morgan fingerprint density at radius 3 is 0.685 bits per heavy atom. The van der Waals surface area contributed by atoms with Crippen molar-refractivity contribution in [3.8, 4) is 0 Å². The SMILES string of the molecule is CCCCCCCCC/C=C\CCCCCCCC(=O)OC(COC(=O)CCCCCCCCCC)COC(=O)CCCCCCCCCCCCCCCCCCCCCCCCCCCCCCCCC. The summed E-state index contributed by atoms with van der Waals surface area (Å²) in [7, 11) is 0. The average Bonchev–Trinajstić information content (AvgIpc) is 3.39. The molecule has 0 heterocycles. The van der Waals surface area contributed by atoms with Crippen LogP contribution in [0.15, 0.2) is 12.2 Å². The highest BCUT2D eigenvalue weighted by atomic mass is 16.6. The van der Waals surface area contributed by atoms with E-state index in [2.05, 4.69) is 32.9 Å². The number of hydrogen-bond donors (Lipinski definition) is 0. The molecule has 0 rings (SSSR count). The van der Waals surface area contributed by atoms with Crippen molar-refractivity contribution in [2.24, 2.45) is 0 Å². The molecule has 0 aliphatic carbocycles. The summed E-state index contributed by atoms with van der Waals surface area (Å²) >= 11 is 0. The maximum atomic E-state index is 12.8. The van der Waals surface area contributed by atoms with Crippen LogP contribution in [-0.4, -0.2) is 37.2 Å². The normalized spacial score (nSPS) is 12.0. The van der Waals surface area contributed by atoms with Crippen molar-refractivity contribution in [1.82, 2.24) is 0 Å². The minimum absolute atomic E-state index is 0.0678. The molecule has 0 aromatic heterocycles. The van der Waals surface area contributed by atoms with Gasteiger partial charge >= 0.3 is 17.9 Å². The number of allylic oxidation sites excluding steroid dienone is 2. The fourth-order valence-corrected chi connectivity index (χ4v) is 10.3. The highest BCUT2D eigenvalue weighted by Crippen LogP contribution is 2.18. The highest BCUT2D eigenvalue weighted by Gasteiger charge is 2.19. The summed E-state index contributed by atoms with van der Waals surface area (Å²) in [5, 5.41) is 0. The Hall–Kier alpha value is -1.85. The van der Waals surface area contributed by atoms with Gasteiger partial charge in [0.2, 0.25) is 0 Å². The van der Waals surface area contributed by atoms with Gasteiger partial charge in [0, 0.05) is 19.3 Å². The summed E-state index contributed by atoms with van der Waals surface area (Å²) in [6.45, 7) is 6.67. The van der Waals surface area contributed by atoms with Crippen LogP contribution in [0.5, 0.6) is 0 Å². The van der Waals surface area contributed by atoms with Crippen molar-refractivity contribution in [2.75, 3.05) is 13.2 Å². The summed E-state index contributed by atoms with van der Waals surface area (Å²) in [4.78, 5) is 38.1. The Labute approximate surface area is 456 Å². The second kappa shape index (κ2) is 62.7. The minimum Gasteiger partial charge on any atom is -0.462 e. The molecule has 0 aliphatic rings. The third-order valence-electron chi connectivity index (χ3n) is 15.3. The molecule has 0 bridgehead atoms. The molecule has 0 fully saturated rings. The maximum absolute atomic E-state index is 12.8. The first-order valence-corrected chi connectivity index (χ1v) is 33.2. The molecule has 0 saturated carbocycles. The molecule has 0 aliphatic heterocycles. The van der Waals surface area contributed by atoms with E-state index in [4.69, 9.17) is 14.2 Å². The lowest BCUT2D eigenvalue weighted by molar-refractivity contribution is -0.167. The largest absolute Gasteiger partial charge is 0.462 e. The van der Waals surface area contributed by atoms with Crippen molar-refractivity contribution in [2.45, 2.75) is 386 Å². The van der Waals surface area contributed by atoms with Gasteiger partial charge < -0.3 is 14.2 Å². The Morgan fingerprint density at radius 1 is 0.260 bits per heavy atom. The first kappa shape index (κ1) is 71.2. The van der Waals surface area contributed by atoms with Crippen LogP contribution in [0, 0.1) is 0 Å². The van der Waals surface area contributed by atoms with E-state index in [1.807, 2.05) is 0 Å². The van der Waals surface area contributed by atoms with Crippen LogP contribution in [0.3, 0.4) is 0 Å². The summed E-state index contributed by atoms with van der Waals surface area (Å²) in [6.07, 6.45) is 74.1. The Bertz CT molecular complexity index is 1130. The second-order valence-electron chi connectivity index (χ2n) is 22.7. The van der Waals surface area contributed by atoms with Crippen LogP contribution in [0.25, 0.3) is 0 Å². The van der Waals surface area contributed by atoms with Gasteiger partial charge in [0.1, 0.15) is 13.2 Å². The number of carbonyl (C=O) groups excluding carboxylic acids is 3. The molecular formula is C67H128O6. The van der Waals surface area contributed by atoms with Gasteiger partial charge in [0.15, 0.2) is 6.10 Å². The van der Waals surface area contributed by atoms with E-state index in [0.717, 1.165) is 64.2 Å². The Morgan fingerprint density at radius 2 is 0.452 bits per heavy atom. The number of ether oxygens (including phenoxy) is 3. The van der Waals surface area contributed by atoms with E-state index in [9.17, 15) is 14.4 Å². The van der Waals surface area contributed by atoms with Gasteiger partial charge in [-0.2, -0.15) is 0 Å². The molecule has 6 heteroatoms. The molecule has 0 N–H and O–H groups in total. The maximum Gasteiger partial charge on any atom is 0.306 e. The van der Waals surface area contributed by atoms with Gasteiger partial charge in [0.25, 0.3) is 0 Å². The van der Waals surface area contributed by atoms with E-state index in [0.29, 0.717) is 19.3 Å². The fraction of sp³-hybridized carbons (Fsp3) is 0.925. The lowest BCUT2D eigenvalue weighted by atomic mass is 10.0. The molecule has 0 spiro atoms. The lowest BCUT2D eigenvalue weighted by Gasteiger charge is -2.18. The van der Waals surface area contributed by atoms with Crippen molar-refractivity contribution >= 4 is 17.9 Å². The van der Waals surface area contributed by atoms with Crippen molar-refractivity contribution in [3.63, 3.8) is 0 Å². The zero-order chi connectivity index (χ0) is 52.9. The van der Waals surface area contributed by atoms with Crippen LogP contribution >= 0.6 is 0 Å². The van der Waals surface area contributed by atoms with Gasteiger partial charge in [-0.1, -0.05) is 328 Å². The van der Waals surface area contributed by atoms with E-state index < -0.39 is 6.10 Å². The first-order chi connectivity index (χ1) is 36.0. The topological polar surface area (TPSA) is 78.9 Å². The number of rotatable bonds is 62. The summed E-state index contributed by atoms with van der Waals surface area (Å²) < 4.78 is 16.9. The molecule has 0 radical (unpaired) electrons. The van der Waals surface area contributed by atoms with Gasteiger partial charge in [-0.05, 0) is 44.9 Å². The van der Waals surface area contributed by atoms with E-state index in [1.54, 1.807) is 0 Å². The smallest absolute Gasteiger partial charge is 0.306 e. The zero-order valence-electron chi connectivity index (χ0n) is 49.7. The van der Waals surface area contributed by atoms with E-state index >= 15 is 0 Å². The molecule has 0 aromatic rings. The number of hydrogen-bond acceptors (Lipinski definition) is 6. The van der Waals surface area contributed by atoms with E-state index in [-0.39, 0.29) is 31.1 Å². The summed E-state index contributed by atoms with van der Waals surface area (Å²) in [5.41, 5.74) is 0. The van der Waals surface area contributed by atoms with Crippen LogP contribution in [-0.2, 0) is 28.6 Å². The minimum atomic E-state index is -0.768. The fourth-order valence-electron chi connectivity index (χ4n) is 10.3. The molecule has 0 aromatic carbocycles. The molecule has 432 valence electrons. The number of carbonyl (C=O) groups is 3. The van der Waals surface area contributed by atoms with E-state index in [1.165, 1.54) is 276 Å². The molecule has 73 heavy (non-hydrogen) atoms. The zero-order valence-corrected chi connectivity index (χ0v) is 49.7. The van der Waals surface area contributed by atoms with Gasteiger partial charge in [0.05, 0.1) is 0 Å². The predicted molar refractivity (Wildman–Crippen MR) is 317 cm³/mol. The predicted octanol–water partition coefficient (Wildman–Crippen LogP) is 22.4. The number of esters is 3. The monoisotopic (exact) mass is 1030 g/mol. The van der Waals surface area contributed by atoms with Crippen LogP contribution in [0.1, 0.15) is 380 Å². The van der Waals surface area contributed by atoms with Crippen LogP contribution in [0.2, 0.25) is 0 Å². The third-order valence-corrected chi connectivity index (χ3v) is 15.3. The third kappa shape index (κ3) is 60.9. The van der Waals surface area contributed by atoms with Crippen molar-refractivity contribution < 1.29 is 28.6 Å². The van der Waals surface area contributed by atoms with Crippen LogP contribution < -0.4 is 0 Å². The molecule has 1 unspecified atom stereocenters. The highest BCUT2D eigenvalue weighted by molar-refractivity contribution is 5.71. The molecule has 0 saturated heterocycles. The van der Waals surface area contributed by atoms with Gasteiger partial charge in [-0.3, -0.25) is 14.4 Å². The summed E-state index contributed by atoms with van der Waals surface area (Å²) in [5.74, 6) is -0.855. The van der Waals surface area contributed by atoms with Gasteiger partial charge in [-0.15, -0.1) is 0 Å². The average molecular weight is 1030 g/mol. The Kier molecular flexibility index (Phi) is 61.1.